The van der Waals surface area contributed by atoms with Gasteiger partial charge in [-0.3, -0.25) is 4.79 Å². The van der Waals surface area contributed by atoms with E-state index >= 15 is 0 Å². The van der Waals surface area contributed by atoms with Crippen molar-refractivity contribution in [1.82, 2.24) is 0 Å². The van der Waals surface area contributed by atoms with E-state index < -0.39 is 0 Å². The normalized spacial score (nSPS) is 9.12. The van der Waals surface area contributed by atoms with Gasteiger partial charge in [-0.15, -0.1) is 0 Å². The monoisotopic (exact) mass is 236 g/mol. The van der Waals surface area contributed by atoms with E-state index in [9.17, 15) is 4.79 Å². The molecule has 1 rings (SSSR count). The number of para-hydroxylation sites is 1. The summed E-state index contributed by atoms with van der Waals surface area (Å²) in [5.74, 6) is 1.32. The van der Waals surface area contributed by atoms with Gasteiger partial charge in [-0.2, -0.15) is 0 Å². The Morgan fingerprint density at radius 2 is 1.76 bits per heavy atom. The molecule has 0 fully saturated rings. The third-order valence-corrected chi connectivity index (χ3v) is 2.43. The number of Topliss-reactive ketones (excluding diaryl/α,β-unsaturated/α-hetero) is 1. The largest absolute Gasteiger partial charge is 0.497 e. The van der Waals surface area contributed by atoms with Gasteiger partial charge < -0.3 is 4.74 Å². The van der Waals surface area contributed by atoms with Crippen molar-refractivity contribution in [2.45, 2.75) is 46.0 Å². The van der Waals surface area contributed by atoms with E-state index in [1.54, 1.807) is 7.11 Å². The van der Waals surface area contributed by atoms with Crippen LogP contribution in [0.3, 0.4) is 0 Å². The molecule has 0 aliphatic carbocycles. The Morgan fingerprint density at radius 1 is 1.12 bits per heavy atom. The number of carbonyl (C=O) groups excluding carboxylic acids is 1. The van der Waals surface area contributed by atoms with Gasteiger partial charge in [0.15, 0.2) is 0 Å². The Bertz CT molecular complexity index is 280. The zero-order valence-corrected chi connectivity index (χ0v) is 11.2. The first-order valence-electron chi connectivity index (χ1n) is 6.35. The molecule has 1 aromatic carbocycles. The second kappa shape index (κ2) is 11.2. The fourth-order valence-corrected chi connectivity index (χ4v) is 1.31. The molecule has 2 heteroatoms. The Morgan fingerprint density at radius 3 is 2.18 bits per heavy atom. The lowest BCUT2D eigenvalue weighted by atomic mass is 10.1. The highest BCUT2D eigenvalue weighted by Crippen LogP contribution is 2.05. The zero-order chi connectivity index (χ0) is 12.9. The standard InChI is InChI=1S/C8H16O.C7H8O/c1-3-5-6-7-8(9)4-2;1-8-7-5-3-2-4-6-7/h3-7H2,1-2H3;2-6H,1H3. The maximum atomic E-state index is 10.7. The Balaban J connectivity index is 0.000000302. The van der Waals surface area contributed by atoms with Gasteiger partial charge >= 0.3 is 0 Å². The van der Waals surface area contributed by atoms with Crippen molar-refractivity contribution in [2.24, 2.45) is 0 Å². The number of methoxy groups -OCH3 is 1. The van der Waals surface area contributed by atoms with Gasteiger partial charge in [-0.05, 0) is 18.6 Å². The average Bonchev–Trinajstić information content (AvgIpc) is 2.40. The molecule has 0 saturated carbocycles. The number of ketones is 1. The molecule has 0 N–H and O–H groups in total. The van der Waals surface area contributed by atoms with Crippen LogP contribution in [0, 0.1) is 0 Å². The summed E-state index contributed by atoms with van der Waals surface area (Å²) < 4.78 is 4.91. The number of ether oxygens (including phenoxy) is 1. The summed E-state index contributed by atoms with van der Waals surface area (Å²) in [5.41, 5.74) is 0. The van der Waals surface area contributed by atoms with E-state index in [4.69, 9.17) is 4.74 Å². The summed E-state index contributed by atoms with van der Waals surface area (Å²) >= 11 is 0. The zero-order valence-electron chi connectivity index (χ0n) is 11.2. The molecule has 0 unspecified atom stereocenters. The van der Waals surface area contributed by atoms with E-state index in [0.717, 1.165) is 18.6 Å². The predicted octanol–water partition coefficient (Wildman–Crippen LogP) is 4.24. The molecule has 1 aromatic rings. The lowest BCUT2D eigenvalue weighted by Crippen LogP contribution is -1.93. The Labute approximate surface area is 105 Å². The van der Waals surface area contributed by atoms with Gasteiger partial charge in [0.2, 0.25) is 0 Å². The fourth-order valence-electron chi connectivity index (χ4n) is 1.31. The molecule has 0 bridgehead atoms. The minimum Gasteiger partial charge on any atom is -0.497 e. The smallest absolute Gasteiger partial charge is 0.132 e. The second-order valence-corrected chi connectivity index (χ2v) is 3.87. The van der Waals surface area contributed by atoms with E-state index in [1.165, 1.54) is 12.8 Å². The Kier molecular flexibility index (Phi) is 10.3. The predicted molar refractivity (Wildman–Crippen MR) is 72.4 cm³/mol. The van der Waals surface area contributed by atoms with Crippen molar-refractivity contribution in [3.05, 3.63) is 30.3 Å². The number of carbonyl (C=O) groups is 1. The van der Waals surface area contributed by atoms with Crippen LogP contribution in [0.5, 0.6) is 5.75 Å². The molecule has 0 saturated heterocycles. The van der Waals surface area contributed by atoms with Crippen LogP contribution in [0.15, 0.2) is 30.3 Å². The first kappa shape index (κ1) is 15.7. The van der Waals surface area contributed by atoms with E-state index in [0.29, 0.717) is 12.2 Å². The highest BCUT2D eigenvalue weighted by Gasteiger charge is 1.95. The molecule has 0 atom stereocenters. The third-order valence-electron chi connectivity index (χ3n) is 2.43. The third kappa shape index (κ3) is 9.61. The summed E-state index contributed by atoms with van der Waals surface area (Å²) in [6.45, 7) is 4.07. The fraction of sp³-hybridized carbons (Fsp3) is 0.533. The first-order chi connectivity index (χ1) is 8.24. The van der Waals surface area contributed by atoms with Crippen LogP contribution < -0.4 is 4.74 Å². The summed E-state index contributed by atoms with van der Waals surface area (Å²) in [5, 5.41) is 0. The van der Waals surface area contributed by atoms with Gasteiger partial charge in [0.1, 0.15) is 11.5 Å². The number of unbranched alkanes of at least 4 members (excludes halogenated alkanes) is 2. The molecule has 0 heterocycles. The molecule has 0 radical (unpaired) electrons. The summed E-state index contributed by atoms with van der Waals surface area (Å²) in [7, 11) is 1.66. The van der Waals surface area contributed by atoms with Crippen LogP contribution in [0.4, 0.5) is 0 Å². The minimum absolute atomic E-state index is 0.406. The highest BCUT2D eigenvalue weighted by atomic mass is 16.5. The summed E-state index contributed by atoms with van der Waals surface area (Å²) in [4.78, 5) is 10.7. The number of benzene rings is 1. The molecule has 0 amide bonds. The van der Waals surface area contributed by atoms with Crippen molar-refractivity contribution >= 4 is 5.78 Å². The molecule has 0 aromatic heterocycles. The van der Waals surface area contributed by atoms with Crippen molar-refractivity contribution in [3.63, 3.8) is 0 Å². The van der Waals surface area contributed by atoms with Gasteiger partial charge in [0.05, 0.1) is 7.11 Å². The van der Waals surface area contributed by atoms with Crippen LogP contribution in [-0.2, 0) is 4.79 Å². The van der Waals surface area contributed by atoms with Crippen LogP contribution >= 0.6 is 0 Å². The average molecular weight is 236 g/mol. The van der Waals surface area contributed by atoms with Crippen molar-refractivity contribution in [3.8, 4) is 5.75 Å². The van der Waals surface area contributed by atoms with Crippen molar-refractivity contribution in [1.29, 1.82) is 0 Å². The van der Waals surface area contributed by atoms with Crippen molar-refractivity contribution in [2.75, 3.05) is 7.11 Å². The van der Waals surface area contributed by atoms with E-state index in [2.05, 4.69) is 6.92 Å². The minimum atomic E-state index is 0.406. The van der Waals surface area contributed by atoms with Crippen LogP contribution in [0.2, 0.25) is 0 Å². The molecule has 0 spiro atoms. The SMILES string of the molecule is CCCCCC(=O)CC.COc1ccccc1. The van der Waals surface area contributed by atoms with Gasteiger partial charge in [-0.1, -0.05) is 44.9 Å². The van der Waals surface area contributed by atoms with E-state index in [-0.39, 0.29) is 0 Å². The maximum Gasteiger partial charge on any atom is 0.132 e. The number of hydrogen-bond acceptors (Lipinski definition) is 2. The van der Waals surface area contributed by atoms with Gasteiger partial charge in [0, 0.05) is 12.8 Å². The summed E-state index contributed by atoms with van der Waals surface area (Å²) in [6, 6.07) is 9.68. The van der Waals surface area contributed by atoms with Crippen LogP contribution in [0.25, 0.3) is 0 Å². The number of rotatable bonds is 6. The lowest BCUT2D eigenvalue weighted by Gasteiger charge is -1.93. The second-order valence-electron chi connectivity index (χ2n) is 3.87. The molecular weight excluding hydrogens is 212 g/mol. The Hall–Kier alpha value is -1.31. The quantitative estimate of drug-likeness (QED) is 0.690. The first-order valence-corrected chi connectivity index (χ1v) is 6.35. The maximum absolute atomic E-state index is 10.7. The number of hydrogen-bond donors (Lipinski definition) is 0. The summed E-state index contributed by atoms with van der Waals surface area (Å²) in [6.07, 6.45) is 5.00. The van der Waals surface area contributed by atoms with Gasteiger partial charge in [0.25, 0.3) is 0 Å². The lowest BCUT2D eigenvalue weighted by molar-refractivity contribution is -0.118. The van der Waals surface area contributed by atoms with Crippen LogP contribution in [0.1, 0.15) is 46.0 Å². The molecule has 96 valence electrons. The molecule has 17 heavy (non-hydrogen) atoms. The van der Waals surface area contributed by atoms with Crippen molar-refractivity contribution < 1.29 is 9.53 Å². The van der Waals surface area contributed by atoms with E-state index in [1.807, 2.05) is 37.3 Å². The molecule has 0 aliphatic heterocycles. The topological polar surface area (TPSA) is 26.3 Å². The van der Waals surface area contributed by atoms with Crippen LogP contribution in [-0.4, -0.2) is 12.9 Å². The highest BCUT2D eigenvalue weighted by molar-refractivity contribution is 5.77. The van der Waals surface area contributed by atoms with Gasteiger partial charge in [-0.25, -0.2) is 0 Å². The molecule has 2 nitrogen and oxygen atoms in total. The molecule has 0 aliphatic rings. The molecular formula is C15H24O2.